The summed E-state index contributed by atoms with van der Waals surface area (Å²) < 4.78 is 51.2. The van der Waals surface area contributed by atoms with Gasteiger partial charge in [-0.2, -0.15) is 4.31 Å². The van der Waals surface area contributed by atoms with Crippen LogP contribution in [0.15, 0.2) is 47.4 Å². The fourth-order valence-electron chi connectivity index (χ4n) is 3.32. The summed E-state index contributed by atoms with van der Waals surface area (Å²) in [4.78, 5) is 14.4. The van der Waals surface area contributed by atoms with Gasteiger partial charge >= 0.3 is 0 Å². The number of sulfonamides is 1. The molecule has 1 fully saturated rings. The van der Waals surface area contributed by atoms with Crippen LogP contribution in [0.1, 0.15) is 10.4 Å². The fraction of sp³-hybridized carbons (Fsp3) is 0.316. The Morgan fingerprint density at radius 2 is 1.68 bits per heavy atom. The Bertz CT molecular complexity index is 1000. The molecule has 1 saturated heterocycles. The van der Waals surface area contributed by atoms with E-state index in [9.17, 15) is 17.6 Å². The molecule has 2 aliphatic rings. The highest BCUT2D eigenvalue weighted by molar-refractivity contribution is 7.89. The number of ether oxygens (including phenoxy) is 2. The van der Waals surface area contributed by atoms with Gasteiger partial charge in [0.1, 0.15) is 19.0 Å². The molecule has 9 heteroatoms. The van der Waals surface area contributed by atoms with Crippen LogP contribution in [0.2, 0.25) is 0 Å². The Morgan fingerprint density at radius 1 is 0.964 bits per heavy atom. The van der Waals surface area contributed by atoms with Crippen molar-refractivity contribution in [2.75, 3.05) is 39.4 Å². The summed E-state index contributed by atoms with van der Waals surface area (Å²) in [6.45, 7) is 1.54. The van der Waals surface area contributed by atoms with Crippen molar-refractivity contribution in [2.45, 2.75) is 4.90 Å². The third kappa shape index (κ3) is 3.43. The van der Waals surface area contributed by atoms with E-state index >= 15 is 0 Å². The number of piperazine rings is 1. The van der Waals surface area contributed by atoms with Crippen molar-refractivity contribution in [3.63, 3.8) is 0 Å². The van der Waals surface area contributed by atoms with Crippen molar-refractivity contribution < 1.29 is 27.1 Å². The lowest BCUT2D eigenvalue weighted by molar-refractivity contribution is 0.0688. The number of rotatable bonds is 3. The SMILES string of the molecule is O=C(c1cccc2c1OCCO2)N1CCN(S(=O)(=O)c2cccc(F)c2)CC1. The van der Waals surface area contributed by atoms with Crippen molar-refractivity contribution in [1.29, 1.82) is 0 Å². The van der Waals surface area contributed by atoms with E-state index < -0.39 is 15.8 Å². The summed E-state index contributed by atoms with van der Waals surface area (Å²) >= 11 is 0. The topological polar surface area (TPSA) is 76.2 Å². The van der Waals surface area contributed by atoms with Crippen molar-refractivity contribution in [3.05, 3.63) is 53.8 Å². The second-order valence-electron chi connectivity index (χ2n) is 6.48. The number of fused-ring (bicyclic) bond motifs is 1. The van der Waals surface area contributed by atoms with Crippen LogP contribution >= 0.6 is 0 Å². The largest absolute Gasteiger partial charge is 0.486 e. The highest BCUT2D eigenvalue weighted by Gasteiger charge is 2.32. The lowest BCUT2D eigenvalue weighted by Crippen LogP contribution is -2.50. The van der Waals surface area contributed by atoms with E-state index in [1.54, 1.807) is 23.1 Å². The number of hydrogen-bond acceptors (Lipinski definition) is 5. The smallest absolute Gasteiger partial charge is 0.257 e. The molecule has 1 amide bonds. The standard InChI is InChI=1S/C19H19FN2O5S/c20-14-3-1-4-15(13-14)28(24,25)22-9-7-21(8-10-22)19(23)16-5-2-6-17-18(16)27-12-11-26-17/h1-6,13H,7-12H2. The van der Waals surface area contributed by atoms with Crippen LogP contribution in [-0.4, -0.2) is 62.9 Å². The first-order chi connectivity index (χ1) is 13.5. The van der Waals surface area contributed by atoms with E-state index in [4.69, 9.17) is 9.47 Å². The number of nitrogens with zero attached hydrogens (tertiary/aromatic N) is 2. The monoisotopic (exact) mass is 406 g/mol. The summed E-state index contributed by atoms with van der Waals surface area (Å²) in [6.07, 6.45) is 0. The van der Waals surface area contributed by atoms with Crippen molar-refractivity contribution in [2.24, 2.45) is 0 Å². The minimum Gasteiger partial charge on any atom is -0.486 e. The zero-order chi connectivity index (χ0) is 19.7. The van der Waals surface area contributed by atoms with Crippen LogP contribution in [0, 0.1) is 5.82 Å². The molecule has 0 aliphatic carbocycles. The minimum absolute atomic E-state index is 0.0880. The fourth-order valence-corrected chi connectivity index (χ4v) is 4.77. The molecule has 0 saturated carbocycles. The quantitative estimate of drug-likeness (QED) is 0.776. The van der Waals surface area contributed by atoms with Gasteiger partial charge in [-0.15, -0.1) is 0 Å². The molecule has 0 atom stereocenters. The summed E-state index contributed by atoms with van der Waals surface area (Å²) in [5, 5.41) is 0. The Hall–Kier alpha value is -2.65. The first-order valence-electron chi connectivity index (χ1n) is 8.90. The average molecular weight is 406 g/mol. The molecule has 0 bridgehead atoms. The summed E-state index contributed by atoms with van der Waals surface area (Å²) in [5.74, 6) is 0.120. The highest BCUT2D eigenvalue weighted by Crippen LogP contribution is 2.34. The Morgan fingerprint density at radius 3 is 2.43 bits per heavy atom. The molecule has 2 aliphatic heterocycles. The minimum atomic E-state index is -3.80. The molecule has 0 N–H and O–H groups in total. The molecule has 148 valence electrons. The lowest BCUT2D eigenvalue weighted by Gasteiger charge is -2.34. The normalized spacial score (nSPS) is 17.4. The molecule has 28 heavy (non-hydrogen) atoms. The average Bonchev–Trinajstić information content (AvgIpc) is 2.73. The van der Waals surface area contributed by atoms with Gasteiger partial charge in [-0.3, -0.25) is 4.79 Å². The van der Waals surface area contributed by atoms with Gasteiger partial charge in [0, 0.05) is 26.2 Å². The summed E-state index contributed by atoms with van der Waals surface area (Å²) in [6, 6.07) is 10.1. The molecule has 7 nitrogen and oxygen atoms in total. The molecule has 2 aromatic rings. The van der Waals surface area contributed by atoms with Gasteiger partial charge in [0.25, 0.3) is 5.91 Å². The molecule has 0 radical (unpaired) electrons. The van der Waals surface area contributed by atoms with Crippen LogP contribution in [-0.2, 0) is 10.0 Å². The third-order valence-corrected chi connectivity index (χ3v) is 6.65. The molecule has 2 heterocycles. The van der Waals surface area contributed by atoms with Crippen molar-refractivity contribution in [3.8, 4) is 11.5 Å². The molecule has 0 spiro atoms. The van der Waals surface area contributed by atoms with Gasteiger partial charge in [-0.05, 0) is 30.3 Å². The Balaban J connectivity index is 1.48. The number of carbonyl (C=O) groups is 1. The van der Waals surface area contributed by atoms with Crippen molar-refractivity contribution >= 4 is 15.9 Å². The van der Waals surface area contributed by atoms with E-state index in [1.807, 2.05) is 0 Å². The van der Waals surface area contributed by atoms with Crippen LogP contribution in [0.4, 0.5) is 4.39 Å². The van der Waals surface area contributed by atoms with E-state index in [1.165, 1.54) is 22.5 Å². The van der Waals surface area contributed by atoms with Gasteiger partial charge in [0.2, 0.25) is 10.0 Å². The van der Waals surface area contributed by atoms with Gasteiger partial charge in [0.05, 0.1) is 10.5 Å². The highest BCUT2D eigenvalue weighted by atomic mass is 32.2. The molecule has 0 unspecified atom stereocenters. The number of carbonyl (C=O) groups excluding carboxylic acids is 1. The predicted octanol–water partition coefficient (Wildman–Crippen LogP) is 1.74. The molecular weight excluding hydrogens is 387 g/mol. The molecular formula is C19H19FN2O5S. The van der Waals surface area contributed by atoms with Gasteiger partial charge in [-0.1, -0.05) is 12.1 Å². The van der Waals surface area contributed by atoms with E-state index in [-0.39, 0.29) is 37.0 Å². The summed E-state index contributed by atoms with van der Waals surface area (Å²) in [7, 11) is -3.80. The molecule has 0 aromatic heterocycles. The van der Waals surface area contributed by atoms with Crippen LogP contribution < -0.4 is 9.47 Å². The van der Waals surface area contributed by atoms with Gasteiger partial charge < -0.3 is 14.4 Å². The Labute approximate surface area is 162 Å². The van der Waals surface area contributed by atoms with E-state index in [0.717, 1.165) is 6.07 Å². The predicted molar refractivity (Wildman–Crippen MR) is 98.5 cm³/mol. The third-order valence-electron chi connectivity index (χ3n) is 4.76. The van der Waals surface area contributed by atoms with E-state index in [0.29, 0.717) is 30.3 Å². The number of amides is 1. The number of halogens is 1. The summed E-state index contributed by atoms with van der Waals surface area (Å²) in [5.41, 5.74) is 0.402. The van der Waals surface area contributed by atoms with Gasteiger partial charge in [0.15, 0.2) is 11.5 Å². The van der Waals surface area contributed by atoms with Crippen LogP contribution in [0.5, 0.6) is 11.5 Å². The maximum absolute atomic E-state index is 13.4. The molecule has 2 aromatic carbocycles. The first-order valence-corrected chi connectivity index (χ1v) is 10.3. The van der Waals surface area contributed by atoms with Crippen LogP contribution in [0.3, 0.4) is 0 Å². The second-order valence-corrected chi connectivity index (χ2v) is 8.42. The zero-order valence-corrected chi connectivity index (χ0v) is 15.8. The van der Waals surface area contributed by atoms with E-state index in [2.05, 4.69) is 0 Å². The Kier molecular flexibility index (Phi) is 4.94. The maximum atomic E-state index is 13.4. The zero-order valence-electron chi connectivity index (χ0n) is 15.0. The first kappa shape index (κ1) is 18.7. The number of benzene rings is 2. The molecule has 4 rings (SSSR count). The second kappa shape index (κ2) is 7.40. The maximum Gasteiger partial charge on any atom is 0.257 e. The lowest BCUT2D eigenvalue weighted by atomic mass is 10.1. The number of para-hydroxylation sites is 1. The van der Waals surface area contributed by atoms with Crippen molar-refractivity contribution in [1.82, 2.24) is 9.21 Å². The number of hydrogen-bond donors (Lipinski definition) is 0. The van der Waals surface area contributed by atoms with Crippen LogP contribution in [0.25, 0.3) is 0 Å². The van der Waals surface area contributed by atoms with Gasteiger partial charge in [-0.25, -0.2) is 12.8 Å².